The molecule has 0 aliphatic heterocycles. The highest BCUT2D eigenvalue weighted by Crippen LogP contribution is 2.26. The number of furan rings is 1. The molecule has 138 valence electrons. The van der Waals surface area contributed by atoms with Crippen molar-refractivity contribution in [3.8, 4) is 22.8 Å². The lowest BCUT2D eigenvalue weighted by Crippen LogP contribution is -1.83. The van der Waals surface area contributed by atoms with Gasteiger partial charge < -0.3 is 9.15 Å². The maximum absolute atomic E-state index is 5.92. The molecule has 0 saturated heterocycles. The normalized spacial score (nSPS) is 11.1. The van der Waals surface area contributed by atoms with Gasteiger partial charge in [-0.2, -0.15) is 0 Å². The van der Waals surface area contributed by atoms with Gasteiger partial charge in [-0.25, -0.2) is 0 Å². The number of ether oxygens (including phenoxy) is 1. The third-order valence-electron chi connectivity index (χ3n) is 3.98. The molecular formula is C23H15Cl2NO2. The van der Waals surface area contributed by atoms with Crippen LogP contribution < -0.4 is 4.74 Å². The Hall–Kier alpha value is -3.01. The lowest BCUT2D eigenvalue weighted by atomic mass is 10.2. The molecule has 5 heteroatoms. The zero-order chi connectivity index (χ0) is 19.3. The Balaban J connectivity index is 1.42. The molecule has 0 aliphatic rings. The lowest BCUT2D eigenvalue weighted by molar-refractivity contribution is 0.483. The quantitative estimate of drug-likeness (QED) is 0.316. The summed E-state index contributed by atoms with van der Waals surface area (Å²) in [6, 6.07) is 26.0. The van der Waals surface area contributed by atoms with E-state index in [0.29, 0.717) is 15.8 Å². The van der Waals surface area contributed by atoms with Crippen molar-refractivity contribution in [1.29, 1.82) is 0 Å². The molecule has 0 unspecified atom stereocenters. The molecule has 4 rings (SSSR count). The minimum absolute atomic E-state index is 0.673. The van der Waals surface area contributed by atoms with Crippen LogP contribution in [0.2, 0.25) is 10.0 Å². The van der Waals surface area contributed by atoms with Crippen molar-refractivity contribution >= 4 is 35.1 Å². The average molecular weight is 408 g/mol. The van der Waals surface area contributed by atoms with Gasteiger partial charge in [-0.3, -0.25) is 4.99 Å². The monoisotopic (exact) mass is 407 g/mol. The molecule has 0 aliphatic carbocycles. The average Bonchev–Trinajstić information content (AvgIpc) is 3.19. The summed E-state index contributed by atoms with van der Waals surface area (Å²) in [6.45, 7) is 0. The van der Waals surface area contributed by atoms with Crippen molar-refractivity contribution in [2.24, 2.45) is 4.99 Å². The van der Waals surface area contributed by atoms with Crippen LogP contribution in [-0.2, 0) is 0 Å². The molecule has 3 nitrogen and oxygen atoms in total. The van der Waals surface area contributed by atoms with E-state index in [9.17, 15) is 0 Å². The summed E-state index contributed by atoms with van der Waals surface area (Å²) in [4.78, 5) is 4.44. The van der Waals surface area contributed by atoms with Crippen molar-refractivity contribution < 1.29 is 9.15 Å². The Morgan fingerprint density at radius 3 is 1.89 bits per heavy atom. The number of halogens is 2. The van der Waals surface area contributed by atoms with Gasteiger partial charge in [0, 0.05) is 15.6 Å². The van der Waals surface area contributed by atoms with E-state index in [-0.39, 0.29) is 0 Å². The SMILES string of the molecule is Clc1ccc(Oc2ccc(N=Cc3ccc(-c4ccc(Cl)cc4)o3)cc2)cc1. The van der Waals surface area contributed by atoms with Gasteiger partial charge in [-0.15, -0.1) is 0 Å². The zero-order valence-corrected chi connectivity index (χ0v) is 16.2. The first-order valence-corrected chi connectivity index (χ1v) is 9.35. The van der Waals surface area contributed by atoms with Gasteiger partial charge in [0.15, 0.2) is 0 Å². The van der Waals surface area contributed by atoms with Crippen molar-refractivity contribution in [3.63, 3.8) is 0 Å². The van der Waals surface area contributed by atoms with Crippen LogP contribution in [0.4, 0.5) is 5.69 Å². The molecule has 28 heavy (non-hydrogen) atoms. The van der Waals surface area contributed by atoms with E-state index in [0.717, 1.165) is 28.5 Å². The number of aliphatic imine (C=N–C) groups is 1. The van der Waals surface area contributed by atoms with Crippen LogP contribution in [0.3, 0.4) is 0 Å². The second-order valence-electron chi connectivity index (χ2n) is 6.02. The minimum Gasteiger partial charge on any atom is -0.457 e. The summed E-state index contributed by atoms with van der Waals surface area (Å²) in [6.07, 6.45) is 1.69. The van der Waals surface area contributed by atoms with E-state index in [1.165, 1.54) is 0 Å². The van der Waals surface area contributed by atoms with Crippen LogP contribution in [0.25, 0.3) is 11.3 Å². The summed E-state index contributed by atoms with van der Waals surface area (Å²) >= 11 is 11.8. The molecule has 0 amide bonds. The van der Waals surface area contributed by atoms with Crippen molar-refractivity contribution in [2.45, 2.75) is 0 Å². The predicted octanol–water partition coefficient (Wildman–Crippen LogP) is 7.80. The Morgan fingerprint density at radius 2 is 1.25 bits per heavy atom. The first kappa shape index (κ1) is 18.4. The van der Waals surface area contributed by atoms with Gasteiger partial charge in [0.05, 0.1) is 11.9 Å². The largest absolute Gasteiger partial charge is 0.457 e. The molecule has 0 spiro atoms. The van der Waals surface area contributed by atoms with Crippen LogP contribution in [0.5, 0.6) is 11.5 Å². The number of hydrogen-bond acceptors (Lipinski definition) is 3. The Morgan fingerprint density at radius 1 is 0.679 bits per heavy atom. The molecule has 0 bridgehead atoms. The van der Waals surface area contributed by atoms with Crippen LogP contribution in [0.15, 0.2) is 94.3 Å². The molecule has 0 fully saturated rings. The number of nitrogens with zero attached hydrogens (tertiary/aromatic N) is 1. The molecule has 0 N–H and O–H groups in total. The van der Waals surface area contributed by atoms with Crippen LogP contribution in [0.1, 0.15) is 5.76 Å². The topological polar surface area (TPSA) is 34.7 Å². The van der Waals surface area contributed by atoms with E-state index < -0.39 is 0 Å². The van der Waals surface area contributed by atoms with Crippen LogP contribution in [0, 0.1) is 0 Å². The van der Waals surface area contributed by atoms with Gasteiger partial charge >= 0.3 is 0 Å². The molecule has 0 atom stereocenters. The maximum Gasteiger partial charge on any atom is 0.145 e. The van der Waals surface area contributed by atoms with Gasteiger partial charge in [-0.05, 0) is 84.9 Å². The zero-order valence-electron chi connectivity index (χ0n) is 14.7. The fraction of sp³-hybridized carbons (Fsp3) is 0. The van der Waals surface area contributed by atoms with Gasteiger partial charge in [0.1, 0.15) is 23.0 Å². The standard InChI is InChI=1S/C23H15Cl2NO2/c24-17-3-1-16(2-4-17)23-14-13-22(28-23)15-26-19-7-11-21(12-8-19)27-20-9-5-18(25)6-10-20/h1-15H. The van der Waals surface area contributed by atoms with Gasteiger partial charge in [0.2, 0.25) is 0 Å². The van der Waals surface area contributed by atoms with E-state index in [1.807, 2.05) is 72.8 Å². The first-order chi connectivity index (χ1) is 13.7. The third-order valence-corrected chi connectivity index (χ3v) is 4.49. The fourth-order valence-corrected chi connectivity index (χ4v) is 2.82. The van der Waals surface area contributed by atoms with Crippen LogP contribution >= 0.6 is 23.2 Å². The van der Waals surface area contributed by atoms with E-state index in [1.54, 1.807) is 18.3 Å². The number of benzene rings is 3. The molecule has 1 heterocycles. The van der Waals surface area contributed by atoms with Crippen molar-refractivity contribution in [2.75, 3.05) is 0 Å². The highest BCUT2D eigenvalue weighted by atomic mass is 35.5. The summed E-state index contributed by atoms with van der Waals surface area (Å²) in [5.74, 6) is 2.89. The van der Waals surface area contributed by atoms with Gasteiger partial charge in [-0.1, -0.05) is 23.2 Å². The Labute approximate surface area is 172 Å². The Bertz CT molecular complexity index is 1080. The molecule has 4 aromatic rings. The highest BCUT2D eigenvalue weighted by molar-refractivity contribution is 6.30. The van der Waals surface area contributed by atoms with E-state index in [4.69, 9.17) is 32.4 Å². The second-order valence-corrected chi connectivity index (χ2v) is 6.89. The smallest absolute Gasteiger partial charge is 0.145 e. The molecule has 0 saturated carbocycles. The Kier molecular flexibility index (Phi) is 5.47. The maximum atomic E-state index is 5.92. The number of hydrogen-bond donors (Lipinski definition) is 0. The van der Waals surface area contributed by atoms with E-state index >= 15 is 0 Å². The second kappa shape index (κ2) is 8.34. The lowest BCUT2D eigenvalue weighted by Gasteiger charge is -2.05. The molecular weight excluding hydrogens is 393 g/mol. The van der Waals surface area contributed by atoms with Gasteiger partial charge in [0.25, 0.3) is 0 Å². The first-order valence-electron chi connectivity index (χ1n) is 8.59. The summed E-state index contributed by atoms with van der Waals surface area (Å²) in [5.41, 5.74) is 1.76. The van der Waals surface area contributed by atoms with Crippen LogP contribution in [-0.4, -0.2) is 6.21 Å². The van der Waals surface area contributed by atoms with Crippen molar-refractivity contribution in [3.05, 3.63) is 101 Å². The summed E-state index contributed by atoms with van der Waals surface area (Å²) in [7, 11) is 0. The molecule has 0 radical (unpaired) electrons. The van der Waals surface area contributed by atoms with E-state index in [2.05, 4.69) is 4.99 Å². The predicted molar refractivity (Wildman–Crippen MR) is 114 cm³/mol. The highest BCUT2D eigenvalue weighted by Gasteiger charge is 2.03. The number of rotatable bonds is 5. The van der Waals surface area contributed by atoms with Crippen molar-refractivity contribution in [1.82, 2.24) is 0 Å². The minimum atomic E-state index is 0.673. The summed E-state index contributed by atoms with van der Waals surface area (Å²) in [5, 5.41) is 1.37. The third kappa shape index (κ3) is 4.63. The molecule has 1 aromatic heterocycles. The molecule has 3 aromatic carbocycles. The summed E-state index contributed by atoms with van der Waals surface area (Å²) < 4.78 is 11.6. The fourth-order valence-electron chi connectivity index (χ4n) is 2.57.